The van der Waals surface area contributed by atoms with Gasteiger partial charge in [-0.25, -0.2) is 37.5 Å². The number of carbonyl (C=O) groups is 4. The van der Waals surface area contributed by atoms with Gasteiger partial charge in [0.2, 0.25) is 23.8 Å². The van der Waals surface area contributed by atoms with Crippen molar-refractivity contribution < 1.29 is 92.3 Å². The van der Waals surface area contributed by atoms with Crippen LogP contribution in [0.1, 0.15) is 150 Å². The van der Waals surface area contributed by atoms with Gasteiger partial charge in [0, 0.05) is 126 Å². The molecule has 8 fully saturated rings. The summed E-state index contributed by atoms with van der Waals surface area (Å²) in [7, 11) is 0. The van der Waals surface area contributed by atoms with Gasteiger partial charge in [-0.05, 0) is 103 Å². The minimum Gasteiger partial charge on any atom is -0.481 e. The number of aromatic nitrogens is 8. The molecule has 4 aliphatic carbocycles. The van der Waals surface area contributed by atoms with Gasteiger partial charge < -0.3 is 59.6 Å². The summed E-state index contributed by atoms with van der Waals surface area (Å²) in [6, 6.07) is -1.74. The van der Waals surface area contributed by atoms with E-state index in [0.29, 0.717) is 124 Å². The second kappa shape index (κ2) is 28.2. The van der Waals surface area contributed by atoms with Crippen molar-refractivity contribution in [3.8, 4) is 0 Å². The lowest BCUT2D eigenvalue weighted by Gasteiger charge is -2.42. The smallest absolute Gasteiger partial charge is 0.303 e. The van der Waals surface area contributed by atoms with Gasteiger partial charge in [-0.2, -0.15) is 55.1 Å². The lowest BCUT2D eigenvalue weighted by Crippen LogP contribution is -2.57. The highest BCUT2D eigenvalue weighted by Crippen LogP contribution is 2.51. The molecule has 0 spiro atoms. The van der Waals surface area contributed by atoms with E-state index in [-0.39, 0.29) is 173 Å². The Morgan fingerprint density at radius 3 is 0.692 bits per heavy atom. The molecule has 568 valence electrons. The molecule has 16 rings (SSSR count). The molecule has 8 aliphatic heterocycles. The lowest BCUT2D eigenvalue weighted by atomic mass is 10.0. The standard InChI is InChI=1S/4C17H21F3N4O2/c4*1-9-12(18)8-24(9)16-21-14-11(2-4-17(14,19)20)15(22-16)23-5-3-10(7-23)6-13(25)26/h4*9-10,12H,2-8H2,1H3,(H,25,26)/t4*9-,10?,12-/m1100/s1. The topological polar surface area (TPSA) is 278 Å². The molecule has 0 saturated carbocycles. The molecule has 0 bridgehead atoms. The van der Waals surface area contributed by atoms with E-state index in [4.69, 9.17) is 20.4 Å². The Morgan fingerprint density at radius 1 is 0.337 bits per heavy atom. The van der Waals surface area contributed by atoms with Crippen molar-refractivity contribution in [2.75, 3.05) is 118 Å². The SMILES string of the molecule is C[C@@H]1[C@H](F)CN1c1nc(N2CCC(CC(=O)O)C2)c2c(n1)C(F)(F)CC2.C[C@@H]1[C@H](F)CN1c1nc(N2CCC(CC(=O)O)C2)c2c(n1)C(F)(F)CC2.C[C@H]1[C@@H](F)CN1c1nc(N2CCC(CC(=O)O)C2)c2c(n1)C(F)(F)CC2.C[C@H]1[C@@H](F)CN1c1nc(N2CCC(CC(=O)O)C2)c2c(n1)C(F)(F)CC2. The first-order valence-corrected chi connectivity index (χ1v) is 35.7. The summed E-state index contributed by atoms with van der Waals surface area (Å²) in [6.07, 6.45) is -1.53. The minimum absolute atomic E-state index is 0.0263. The number of hydrogen-bond acceptors (Lipinski definition) is 20. The number of rotatable bonds is 16. The Morgan fingerprint density at radius 2 is 0.529 bits per heavy atom. The van der Waals surface area contributed by atoms with Crippen LogP contribution in [0.5, 0.6) is 0 Å². The summed E-state index contributed by atoms with van der Waals surface area (Å²) in [5.74, 6) is -13.2. The van der Waals surface area contributed by atoms with Crippen LogP contribution in [-0.4, -0.2) is 212 Å². The molecule has 4 N–H and O–H groups in total. The molecular formula is C68H84F12N16O8. The highest BCUT2D eigenvalue weighted by molar-refractivity contribution is 5.70. The normalized spacial score (nSPS) is 29.6. The number of alkyl halides is 12. The van der Waals surface area contributed by atoms with E-state index in [2.05, 4.69) is 39.9 Å². The van der Waals surface area contributed by atoms with Crippen LogP contribution < -0.4 is 39.2 Å². The van der Waals surface area contributed by atoms with Gasteiger partial charge in [0.05, 0.1) is 50.3 Å². The first-order valence-electron chi connectivity index (χ1n) is 35.7. The first-order chi connectivity index (χ1) is 49.0. The van der Waals surface area contributed by atoms with Gasteiger partial charge in [-0.3, -0.25) is 19.2 Å². The third kappa shape index (κ3) is 14.5. The molecule has 24 nitrogen and oxygen atoms in total. The average molecular weight is 1480 g/mol. The van der Waals surface area contributed by atoms with Crippen LogP contribution in [0.25, 0.3) is 0 Å². The van der Waals surface area contributed by atoms with Crippen LogP contribution in [0, 0.1) is 23.7 Å². The van der Waals surface area contributed by atoms with Crippen molar-refractivity contribution in [1.82, 2.24) is 39.9 Å². The van der Waals surface area contributed by atoms with E-state index in [0.717, 1.165) is 0 Å². The van der Waals surface area contributed by atoms with E-state index < -0.39 is 96.4 Å². The second-order valence-electron chi connectivity index (χ2n) is 29.9. The van der Waals surface area contributed by atoms with Crippen molar-refractivity contribution >= 4 is 70.9 Å². The molecule has 0 amide bonds. The van der Waals surface area contributed by atoms with Gasteiger partial charge in [0.1, 0.15) is 70.7 Å². The summed E-state index contributed by atoms with van der Waals surface area (Å²) >= 11 is 0. The Hall–Kier alpha value is -8.24. The molecule has 4 unspecified atom stereocenters. The van der Waals surface area contributed by atoms with Crippen LogP contribution in [0.2, 0.25) is 0 Å². The number of aliphatic carboxylic acids is 4. The van der Waals surface area contributed by atoms with Gasteiger partial charge in [-0.15, -0.1) is 0 Å². The van der Waals surface area contributed by atoms with Gasteiger partial charge in [0.15, 0.2) is 0 Å². The van der Waals surface area contributed by atoms with Gasteiger partial charge in [-0.1, -0.05) is 0 Å². The fourth-order valence-electron chi connectivity index (χ4n) is 16.2. The molecular weight excluding hydrogens is 1400 g/mol. The predicted molar refractivity (Wildman–Crippen MR) is 354 cm³/mol. The lowest BCUT2D eigenvalue weighted by molar-refractivity contribution is -0.139. The second-order valence-corrected chi connectivity index (χ2v) is 29.9. The van der Waals surface area contributed by atoms with Gasteiger partial charge >= 0.3 is 23.9 Å². The summed E-state index contributed by atoms with van der Waals surface area (Å²) in [4.78, 5) is 92.1. The maximum absolute atomic E-state index is 14.3. The quantitative estimate of drug-likeness (QED) is 0.0760. The van der Waals surface area contributed by atoms with E-state index in [1.807, 2.05) is 19.6 Å². The minimum atomic E-state index is -3.01. The van der Waals surface area contributed by atoms with Crippen LogP contribution in [0.4, 0.5) is 99.7 Å². The molecule has 4 aromatic heterocycles. The third-order valence-electron chi connectivity index (χ3n) is 22.8. The zero-order valence-electron chi connectivity index (χ0n) is 57.8. The summed E-state index contributed by atoms with van der Waals surface area (Å²) in [5, 5.41) is 35.9. The highest BCUT2D eigenvalue weighted by atomic mass is 19.3. The molecule has 12 aliphatic rings. The summed E-state index contributed by atoms with van der Waals surface area (Å²) in [5.41, 5.74) is 0.753. The number of carboxylic acid groups (broad SMARTS) is 4. The van der Waals surface area contributed by atoms with E-state index in [9.17, 15) is 71.9 Å². The summed E-state index contributed by atoms with van der Waals surface area (Å²) < 4.78 is 169. The van der Waals surface area contributed by atoms with Crippen LogP contribution in [0.3, 0.4) is 0 Å². The molecule has 104 heavy (non-hydrogen) atoms. The largest absolute Gasteiger partial charge is 0.481 e. The predicted octanol–water partition coefficient (Wildman–Crippen LogP) is 9.45. The summed E-state index contributed by atoms with van der Waals surface area (Å²) in [6.45, 7) is 11.3. The van der Waals surface area contributed by atoms with Crippen molar-refractivity contribution in [3.63, 3.8) is 0 Å². The molecule has 12 atom stereocenters. The molecule has 36 heteroatoms. The molecule has 8 saturated heterocycles. The highest BCUT2D eigenvalue weighted by Gasteiger charge is 2.52. The maximum atomic E-state index is 14.3. The molecule has 0 radical (unpaired) electrons. The Bertz CT molecular complexity index is 3470. The fraction of sp³-hybridized carbons (Fsp3) is 0.706. The first kappa shape index (κ1) is 74.0. The Balaban J connectivity index is 0.000000123. The van der Waals surface area contributed by atoms with E-state index in [1.54, 1.807) is 47.3 Å². The maximum Gasteiger partial charge on any atom is 0.303 e. The number of halogens is 12. The number of fused-ring (bicyclic) bond motifs is 4. The number of carboxylic acids is 4. The van der Waals surface area contributed by atoms with Crippen molar-refractivity contribution in [3.05, 3.63) is 45.0 Å². The Kier molecular flexibility index (Phi) is 20.1. The average Bonchev–Trinajstić information content (AvgIpc) is 1.49. The van der Waals surface area contributed by atoms with E-state index in [1.165, 1.54) is 0 Å². The molecule has 12 heterocycles. The van der Waals surface area contributed by atoms with Crippen molar-refractivity contribution in [2.24, 2.45) is 23.7 Å². The third-order valence-corrected chi connectivity index (χ3v) is 22.8. The van der Waals surface area contributed by atoms with Crippen molar-refractivity contribution in [2.45, 2.75) is 203 Å². The van der Waals surface area contributed by atoms with Gasteiger partial charge in [0.25, 0.3) is 23.7 Å². The molecule has 4 aromatic rings. The fourth-order valence-corrected chi connectivity index (χ4v) is 16.2. The Labute approximate surface area is 590 Å². The van der Waals surface area contributed by atoms with Crippen LogP contribution in [0.15, 0.2) is 0 Å². The van der Waals surface area contributed by atoms with E-state index >= 15 is 0 Å². The zero-order chi connectivity index (χ0) is 74.5. The van der Waals surface area contributed by atoms with Crippen LogP contribution >= 0.6 is 0 Å². The number of hydrogen-bond donors (Lipinski definition) is 4. The molecule has 0 aromatic carbocycles. The zero-order valence-corrected chi connectivity index (χ0v) is 57.8. The number of nitrogens with zero attached hydrogens (tertiary/aromatic N) is 16. The number of anilines is 8. The monoisotopic (exact) mass is 1480 g/mol. The van der Waals surface area contributed by atoms with Crippen LogP contribution in [-0.2, 0) is 68.6 Å². The van der Waals surface area contributed by atoms with Crippen molar-refractivity contribution in [1.29, 1.82) is 0 Å².